The van der Waals surface area contributed by atoms with Gasteiger partial charge < -0.3 is 0 Å². The average molecular weight is 405 g/mol. The van der Waals surface area contributed by atoms with Crippen LogP contribution in [0.15, 0.2) is 40.9 Å². The molecule has 0 radical (unpaired) electrons. The van der Waals surface area contributed by atoms with Gasteiger partial charge in [-0.05, 0) is 46.3 Å². The highest BCUT2D eigenvalue weighted by atomic mass is 79.9. The Hall–Kier alpha value is -0.740. The van der Waals surface area contributed by atoms with Gasteiger partial charge in [-0.1, -0.05) is 29.3 Å². The highest BCUT2D eigenvalue weighted by molar-refractivity contribution is 9.10. The molecule has 0 aliphatic heterocycles. The third kappa shape index (κ3) is 2.80. The zero-order valence-corrected chi connectivity index (χ0v) is 14.6. The largest absolute Gasteiger partial charge is 0.294 e. The van der Waals surface area contributed by atoms with Crippen LogP contribution in [0, 0.1) is 0 Å². The average Bonchev–Trinajstić information content (AvgIpc) is 2.81. The van der Waals surface area contributed by atoms with Gasteiger partial charge in [-0.2, -0.15) is 0 Å². The Morgan fingerprint density at radius 2 is 1.95 bits per heavy atom. The number of fused-ring (bicyclic) bond motifs is 1. The predicted octanol–water partition coefficient (Wildman–Crippen LogP) is 5.88. The maximum atomic E-state index is 6.38. The van der Waals surface area contributed by atoms with Crippen LogP contribution in [0.2, 0.25) is 10.0 Å². The van der Waals surface area contributed by atoms with Crippen LogP contribution >= 0.6 is 50.7 Å². The van der Waals surface area contributed by atoms with Crippen molar-refractivity contribution >= 4 is 61.8 Å². The van der Waals surface area contributed by atoms with E-state index in [-0.39, 0.29) is 0 Å². The maximum Gasteiger partial charge on any atom is 0.115 e. The Labute approximate surface area is 145 Å². The van der Waals surface area contributed by atoms with Crippen LogP contribution in [0.1, 0.15) is 5.82 Å². The van der Waals surface area contributed by atoms with Gasteiger partial charge in [0.1, 0.15) is 5.82 Å². The van der Waals surface area contributed by atoms with E-state index >= 15 is 0 Å². The fourth-order valence-corrected chi connectivity index (χ4v) is 3.32. The second-order valence-corrected chi connectivity index (χ2v) is 6.58. The Kier molecular flexibility index (Phi) is 4.46. The molecule has 3 aromatic rings. The lowest BCUT2D eigenvalue weighted by atomic mass is 10.2. The van der Waals surface area contributed by atoms with Crippen LogP contribution in [0.3, 0.4) is 0 Å². The molecular formula is C15H10BrCl3N2. The summed E-state index contributed by atoms with van der Waals surface area (Å²) in [6.45, 7) is 0. The molecular weight excluding hydrogens is 394 g/mol. The van der Waals surface area contributed by atoms with E-state index in [1.54, 1.807) is 0 Å². The number of imidazole rings is 1. The summed E-state index contributed by atoms with van der Waals surface area (Å²) >= 11 is 22.0. The molecule has 21 heavy (non-hydrogen) atoms. The minimum absolute atomic E-state index is 0.485. The summed E-state index contributed by atoms with van der Waals surface area (Å²) in [7, 11) is 0. The quantitative estimate of drug-likeness (QED) is 0.499. The smallest absolute Gasteiger partial charge is 0.115 e. The number of benzene rings is 2. The number of para-hydroxylation sites is 1. The van der Waals surface area contributed by atoms with Crippen molar-refractivity contribution in [1.82, 2.24) is 9.55 Å². The predicted molar refractivity (Wildman–Crippen MR) is 93.2 cm³/mol. The van der Waals surface area contributed by atoms with E-state index in [4.69, 9.17) is 34.8 Å². The lowest BCUT2D eigenvalue weighted by molar-refractivity contribution is 0.909. The second kappa shape index (κ2) is 6.17. The van der Waals surface area contributed by atoms with Crippen LogP contribution in [0.5, 0.6) is 0 Å². The molecule has 0 unspecified atom stereocenters. The number of aryl methyl sites for hydroxylation is 1. The summed E-state index contributed by atoms with van der Waals surface area (Å²) in [5.41, 5.74) is 2.61. The Morgan fingerprint density at radius 1 is 1.14 bits per heavy atom. The molecule has 0 saturated carbocycles. The molecule has 0 amide bonds. The number of nitrogens with zero attached hydrogens (tertiary/aromatic N) is 2. The zero-order valence-electron chi connectivity index (χ0n) is 10.8. The van der Waals surface area contributed by atoms with Gasteiger partial charge in [0.15, 0.2) is 0 Å². The zero-order chi connectivity index (χ0) is 15.0. The molecule has 108 valence electrons. The first-order valence-corrected chi connectivity index (χ1v) is 8.37. The van der Waals surface area contributed by atoms with Crippen molar-refractivity contribution in [2.24, 2.45) is 0 Å². The highest BCUT2D eigenvalue weighted by Gasteiger charge is 2.16. The minimum atomic E-state index is 0.485. The molecule has 0 bridgehead atoms. The van der Waals surface area contributed by atoms with Crippen molar-refractivity contribution < 1.29 is 0 Å². The van der Waals surface area contributed by atoms with Crippen LogP contribution in [-0.2, 0) is 6.42 Å². The lowest BCUT2D eigenvalue weighted by Crippen LogP contribution is -2.03. The molecule has 0 fully saturated rings. The first kappa shape index (κ1) is 15.2. The Balaban J connectivity index is 2.38. The highest BCUT2D eigenvalue weighted by Crippen LogP contribution is 2.32. The fraction of sp³-hybridized carbons (Fsp3) is 0.133. The molecule has 2 aromatic carbocycles. The molecule has 0 aliphatic rings. The third-order valence-electron chi connectivity index (χ3n) is 3.16. The van der Waals surface area contributed by atoms with Gasteiger partial charge in [-0.3, -0.25) is 4.57 Å². The minimum Gasteiger partial charge on any atom is -0.294 e. The summed E-state index contributed by atoms with van der Waals surface area (Å²) in [5, 5.41) is 1.30. The van der Waals surface area contributed by atoms with Gasteiger partial charge in [0.25, 0.3) is 0 Å². The van der Waals surface area contributed by atoms with E-state index in [2.05, 4.69) is 20.9 Å². The summed E-state index contributed by atoms with van der Waals surface area (Å²) in [5.74, 6) is 1.34. The Morgan fingerprint density at radius 3 is 2.71 bits per heavy atom. The fourth-order valence-electron chi connectivity index (χ4n) is 2.30. The van der Waals surface area contributed by atoms with Crippen LogP contribution < -0.4 is 0 Å². The third-order valence-corrected chi connectivity index (χ3v) is 4.56. The number of hydrogen-bond acceptors (Lipinski definition) is 1. The number of halogens is 4. The van der Waals surface area contributed by atoms with Gasteiger partial charge in [-0.15, -0.1) is 11.6 Å². The van der Waals surface area contributed by atoms with Gasteiger partial charge in [0, 0.05) is 21.8 Å². The number of hydrogen-bond donors (Lipinski definition) is 0. The van der Waals surface area contributed by atoms with E-state index in [9.17, 15) is 0 Å². The number of aromatic nitrogens is 2. The van der Waals surface area contributed by atoms with Gasteiger partial charge in [0.05, 0.1) is 21.7 Å². The lowest BCUT2D eigenvalue weighted by Gasteiger charge is -2.12. The van der Waals surface area contributed by atoms with Crippen molar-refractivity contribution in [3.63, 3.8) is 0 Å². The van der Waals surface area contributed by atoms with Gasteiger partial charge >= 0.3 is 0 Å². The monoisotopic (exact) mass is 402 g/mol. The van der Waals surface area contributed by atoms with E-state index in [0.717, 1.165) is 27.0 Å². The van der Waals surface area contributed by atoms with Crippen LogP contribution in [0.4, 0.5) is 0 Å². The summed E-state index contributed by atoms with van der Waals surface area (Å²) in [6.07, 6.45) is 0.644. The molecule has 6 heteroatoms. The molecule has 0 N–H and O–H groups in total. The van der Waals surface area contributed by atoms with E-state index in [1.807, 2.05) is 41.0 Å². The first-order chi connectivity index (χ1) is 10.1. The summed E-state index contributed by atoms with van der Waals surface area (Å²) < 4.78 is 2.93. The molecule has 0 saturated heterocycles. The maximum absolute atomic E-state index is 6.38. The molecule has 2 nitrogen and oxygen atoms in total. The molecule has 0 spiro atoms. The van der Waals surface area contributed by atoms with Crippen molar-refractivity contribution in [1.29, 1.82) is 0 Å². The standard InChI is InChI=1S/C15H10BrCl3N2/c16-10-5-4-9(18)8-13(10)21-14(6-7-17)20-12-3-1-2-11(19)15(12)21/h1-5,8H,6-7H2. The number of rotatable bonds is 3. The van der Waals surface area contributed by atoms with Crippen LogP contribution in [0.25, 0.3) is 16.7 Å². The van der Waals surface area contributed by atoms with E-state index in [0.29, 0.717) is 22.3 Å². The first-order valence-electron chi connectivity index (χ1n) is 6.29. The Bertz CT molecular complexity index is 814. The normalized spacial score (nSPS) is 11.2. The van der Waals surface area contributed by atoms with Crippen LogP contribution in [-0.4, -0.2) is 15.4 Å². The molecule has 3 rings (SSSR count). The van der Waals surface area contributed by atoms with Gasteiger partial charge in [0.2, 0.25) is 0 Å². The van der Waals surface area contributed by atoms with Crippen molar-refractivity contribution in [2.75, 3.05) is 5.88 Å². The van der Waals surface area contributed by atoms with Gasteiger partial charge in [-0.25, -0.2) is 4.98 Å². The van der Waals surface area contributed by atoms with Crippen molar-refractivity contribution in [3.05, 3.63) is 56.7 Å². The summed E-state index contributed by atoms with van der Waals surface area (Å²) in [6, 6.07) is 11.3. The van der Waals surface area contributed by atoms with Crippen molar-refractivity contribution in [2.45, 2.75) is 6.42 Å². The molecule has 0 aliphatic carbocycles. The second-order valence-electron chi connectivity index (χ2n) is 4.51. The summed E-state index contributed by atoms with van der Waals surface area (Å²) in [4.78, 5) is 4.64. The van der Waals surface area contributed by atoms with E-state index in [1.165, 1.54) is 0 Å². The topological polar surface area (TPSA) is 17.8 Å². The van der Waals surface area contributed by atoms with E-state index < -0.39 is 0 Å². The molecule has 1 aromatic heterocycles. The molecule has 1 heterocycles. The number of alkyl halides is 1. The SMILES string of the molecule is ClCCc1nc2cccc(Cl)c2n1-c1cc(Cl)ccc1Br. The van der Waals surface area contributed by atoms with Crippen molar-refractivity contribution in [3.8, 4) is 5.69 Å². The molecule has 0 atom stereocenters.